The van der Waals surface area contributed by atoms with Gasteiger partial charge in [-0.1, -0.05) is 97.8 Å². The van der Waals surface area contributed by atoms with Crippen LogP contribution in [0.3, 0.4) is 0 Å². The maximum atomic E-state index is 2.51. The van der Waals surface area contributed by atoms with E-state index < -0.39 is 0 Å². The van der Waals surface area contributed by atoms with Gasteiger partial charge in [0.1, 0.15) is 0 Å². The van der Waals surface area contributed by atoms with Gasteiger partial charge < -0.3 is 0 Å². The van der Waals surface area contributed by atoms with E-state index in [-0.39, 0.29) is 0 Å². The molecule has 19 heavy (non-hydrogen) atoms. The van der Waals surface area contributed by atoms with Gasteiger partial charge in [0.25, 0.3) is 0 Å². The van der Waals surface area contributed by atoms with Crippen molar-refractivity contribution < 1.29 is 0 Å². The molecular formula is C19H38. The van der Waals surface area contributed by atoms with E-state index >= 15 is 0 Å². The molecule has 3 atom stereocenters. The lowest BCUT2D eigenvalue weighted by atomic mass is 9.79. The molecule has 0 spiro atoms. The fourth-order valence-electron chi connectivity index (χ4n) is 3.95. The summed E-state index contributed by atoms with van der Waals surface area (Å²) in [6.07, 6.45) is 19.2. The Bertz CT molecular complexity index is 196. The van der Waals surface area contributed by atoms with E-state index in [0.717, 1.165) is 17.8 Å². The van der Waals surface area contributed by atoms with Gasteiger partial charge in [0, 0.05) is 0 Å². The van der Waals surface area contributed by atoms with Crippen molar-refractivity contribution in [2.45, 2.75) is 104 Å². The summed E-state index contributed by atoms with van der Waals surface area (Å²) in [4.78, 5) is 0. The lowest BCUT2D eigenvalue weighted by molar-refractivity contribution is 0.254. The molecule has 0 N–H and O–H groups in total. The fourth-order valence-corrected chi connectivity index (χ4v) is 3.95. The summed E-state index contributed by atoms with van der Waals surface area (Å²) < 4.78 is 0. The molecule has 0 nitrogen and oxygen atoms in total. The first-order valence-electron chi connectivity index (χ1n) is 9.27. The van der Waals surface area contributed by atoms with E-state index in [4.69, 9.17) is 0 Å². The zero-order valence-electron chi connectivity index (χ0n) is 13.9. The van der Waals surface area contributed by atoms with Gasteiger partial charge in [-0.05, 0) is 24.2 Å². The highest BCUT2D eigenvalue weighted by molar-refractivity contribution is 4.70. The van der Waals surface area contributed by atoms with E-state index in [2.05, 4.69) is 20.8 Å². The van der Waals surface area contributed by atoms with Crippen molar-refractivity contribution in [3.05, 3.63) is 0 Å². The largest absolute Gasteiger partial charge is 0.0654 e. The molecule has 0 heteroatoms. The van der Waals surface area contributed by atoms with Crippen LogP contribution in [0.15, 0.2) is 0 Å². The van der Waals surface area contributed by atoms with Crippen LogP contribution < -0.4 is 0 Å². The van der Waals surface area contributed by atoms with Crippen molar-refractivity contribution in [1.29, 1.82) is 0 Å². The Morgan fingerprint density at radius 3 is 2.05 bits per heavy atom. The third kappa shape index (κ3) is 7.37. The molecule has 0 radical (unpaired) electrons. The van der Waals surface area contributed by atoms with Crippen LogP contribution in [-0.4, -0.2) is 0 Å². The van der Waals surface area contributed by atoms with Crippen LogP contribution in [0.25, 0.3) is 0 Å². The van der Waals surface area contributed by atoms with Gasteiger partial charge in [0.05, 0.1) is 0 Å². The molecule has 0 unspecified atom stereocenters. The highest BCUT2D eigenvalue weighted by Crippen LogP contribution is 2.31. The second kappa shape index (κ2) is 10.7. The zero-order chi connectivity index (χ0) is 13.9. The van der Waals surface area contributed by atoms with Crippen molar-refractivity contribution in [3.63, 3.8) is 0 Å². The van der Waals surface area contributed by atoms with E-state index in [1.54, 1.807) is 0 Å². The molecule has 0 aliphatic heterocycles. The Labute approximate surface area is 122 Å². The van der Waals surface area contributed by atoms with Gasteiger partial charge in [0.15, 0.2) is 0 Å². The first kappa shape index (κ1) is 17.1. The SMILES string of the molecule is CCC[C@H](C)[C@@H]1CCCCCCCC[C@H](CC)CC1. The van der Waals surface area contributed by atoms with Crippen LogP contribution in [0.1, 0.15) is 104 Å². The Morgan fingerprint density at radius 1 is 0.789 bits per heavy atom. The molecule has 1 rings (SSSR count). The lowest BCUT2D eigenvalue weighted by Gasteiger charge is -2.26. The predicted molar refractivity (Wildman–Crippen MR) is 87.5 cm³/mol. The molecule has 1 aliphatic rings. The van der Waals surface area contributed by atoms with Gasteiger partial charge in [-0.2, -0.15) is 0 Å². The van der Waals surface area contributed by atoms with Crippen LogP contribution >= 0.6 is 0 Å². The third-order valence-corrected chi connectivity index (χ3v) is 5.51. The fraction of sp³-hybridized carbons (Fsp3) is 1.00. The molecule has 0 heterocycles. The Kier molecular flexibility index (Phi) is 9.65. The molecule has 114 valence electrons. The quantitative estimate of drug-likeness (QED) is 0.515. The van der Waals surface area contributed by atoms with Crippen molar-refractivity contribution >= 4 is 0 Å². The topological polar surface area (TPSA) is 0 Å². The number of rotatable bonds is 4. The Morgan fingerprint density at radius 2 is 1.42 bits per heavy atom. The van der Waals surface area contributed by atoms with Crippen LogP contribution in [0, 0.1) is 17.8 Å². The van der Waals surface area contributed by atoms with E-state index in [0.29, 0.717) is 0 Å². The van der Waals surface area contributed by atoms with Crippen LogP contribution in [0.2, 0.25) is 0 Å². The summed E-state index contributed by atoms with van der Waals surface area (Å²) in [6, 6.07) is 0. The average Bonchev–Trinajstić information content (AvgIpc) is 2.39. The van der Waals surface area contributed by atoms with Crippen molar-refractivity contribution in [2.75, 3.05) is 0 Å². The molecule has 1 fully saturated rings. The summed E-state index contributed by atoms with van der Waals surface area (Å²) in [6.45, 7) is 7.27. The maximum absolute atomic E-state index is 2.51. The molecule has 0 bridgehead atoms. The zero-order valence-corrected chi connectivity index (χ0v) is 13.9. The third-order valence-electron chi connectivity index (χ3n) is 5.51. The second-order valence-electron chi connectivity index (χ2n) is 7.08. The van der Waals surface area contributed by atoms with Crippen molar-refractivity contribution in [2.24, 2.45) is 17.8 Å². The van der Waals surface area contributed by atoms with Crippen LogP contribution in [0.4, 0.5) is 0 Å². The molecule has 0 aromatic carbocycles. The summed E-state index contributed by atoms with van der Waals surface area (Å²) in [5.74, 6) is 3.01. The van der Waals surface area contributed by atoms with Gasteiger partial charge >= 0.3 is 0 Å². The molecule has 0 aromatic rings. The molecule has 1 saturated carbocycles. The van der Waals surface area contributed by atoms with Crippen molar-refractivity contribution in [1.82, 2.24) is 0 Å². The Hall–Kier alpha value is 0. The summed E-state index contributed by atoms with van der Waals surface area (Å²) in [5, 5.41) is 0. The summed E-state index contributed by atoms with van der Waals surface area (Å²) >= 11 is 0. The van der Waals surface area contributed by atoms with E-state index in [1.165, 1.54) is 83.5 Å². The van der Waals surface area contributed by atoms with Gasteiger partial charge in [-0.3, -0.25) is 0 Å². The molecule has 1 aliphatic carbocycles. The summed E-state index contributed by atoms with van der Waals surface area (Å²) in [5.41, 5.74) is 0. The minimum absolute atomic E-state index is 0.963. The summed E-state index contributed by atoms with van der Waals surface area (Å²) in [7, 11) is 0. The number of hydrogen-bond acceptors (Lipinski definition) is 0. The molecule has 0 aromatic heterocycles. The first-order valence-corrected chi connectivity index (χ1v) is 9.27. The predicted octanol–water partition coefficient (Wildman–Crippen LogP) is 6.98. The van der Waals surface area contributed by atoms with Gasteiger partial charge in [0.2, 0.25) is 0 Å². The smallest absolute Gasteiger partial charge is 0.0388 e. The normalized spacial score (nSPS) is 29.2. The minimum Gasteiger partial charge on any atom is -0.0654 e. The Balaban J connectivity index is 2.47. The molecular weight excluding hydrogens is 228 g/mol. The molecule has 0 amide bonds. The monoisotopic (exact) mass is 266 g/mol. The van der Waals surface area contributed by atoms with E-state index in [9.17, 15) is 0 Å². The van der Waals surface area contributed by atoms with Gasteiger partial charge in [-0.25, -0.2) is 0 Å². The lowest BCUT2D eigenvalue weighted by Crippen LogP contribution is -2.14. The first-order chi connectivity index (χ1) is 9.27. The average molecular weight is 267 g/mol. The molecule has 0 saturated heterocycles. The standard InChI is InChI=1S/C19H38/c1-4-12-17(3)19-14-11-9-7-6-8-10-13-18(5-2)15-16-19/h17-19H,4-16H2,1-3H3/t17-,18-,19+/m0/s1. The van der Waals surface area contributed by atoms with Crippen LogP contribution in [-0.2, 0) is 0 Å². The van der Waals surface area contributed by atoms with E-state index in [1.807, 2.05) is 0 Å². The van der Waals surface area contributed by atoms with Crippen LogP contribution in [0.5, 0.6) is 0 Å². The van der Waals surface area contributed by atoms with Crippen molar-refractivity contribution in [3.8, 4) is 0 Å². The maximum Gasteiger partial charge on any atom is -0.0388 e. The van der Waals surface area contributed by atoms with Gasteiger partial charge in [-0.15, -0.1) is 0 Å². The minimum atomic E-state index is 0.963. The highest BCUT2D eigenvalue weighted by atomic mass is 14.2. The second-order valence-corrected chi connectivity index (χ2v) is 7.08. The number of hydrogen-bond donors (Lipinski definition) is 0. The highest BCUT2D eigenvalue weighted by Gasteiger charge is 2.18.